The van der Waals surface area contributed by atoms with E-state index in [4.69, 9.17) is 16.3 Å². The minimum absolute atomic E-state index is 0.0138. The summed E-state index contributed by atoms with van der Waals surface area (Å²) in [5.74, 6) is 0.751. The van der Waals surface area contributed by atoms with Crippen LogP contribution in [0.25, 0.3) is 0 Å². The topological polar surface area (TPSA) is 41.6 Å². The van der Waals surface area contributed by atoms with E-state index in [1.165, 1.54) is 17.2 Å². The molecule has 2 aliphatic rings. The Labute approximate surface area is 182 Å². The molecule has 1 fully saturated rings. The second kappa shape index (κ2) is 9.36. The Morgan fingerprint density at radius 2 is 2.00 bits per heavy atom. The fourth-order valence-electron chi connectivity index (χ4n) is 4.60. The number of ether oxygens (including phenoxy) is 1. The van der Waals surface area contributed by atoms with Gasteiger partial charge in [0, 0.05) is 23.0 Å². The van der Waals surface area contributed by atoms with Crippen LogP contribution in [0.5, 0.6) is 5.75 Å². The van der Waals surface area contributed by atoms with Gasteiger partial charge < -0.3 is 10.1 Å². The second-order valence-electron chi connectivity index (χ2n) is 8.30. The lowest BCUT2D eigenvalue weighted by atomic mass is 9.86. The minimum Gasteiger partial charge on any atom is -0.497 e. The number of carbonyl (C=O) groups excluding carboxylic acids is 1. The van der Waals surface area contributed by atoms with E-state index in [1.807, 2.05) is 6.07 Å². The van der Waals surface area contributed by atoms with Crippen molar-refractivity contribution in [3.05, 3.63) is 63.9 Å². The quantitative estimate of drug-likeness (QED) is 0.734. The smallest absolute Gasteiger partial charge is 0.223 e. The number of benzene rings is 2. The Morgan fingerprint density at radius 3 is 2.73 bits per heavy atom. The van der Waals surface area contributed by atoms with Gasteiger partial charge in [0.05, 0.1) is 13.2 Å². The molecule has 0 radical (unpaired) electrons. The summed E-state index contributed by atoms with van der Waals surface area (Å²) in [4.78, 5) is 15.1. The Bertz CT molecular complexity index is 912. The Hall–Kier alpha value is -2.11. The number of likely N-dealkylation sites (tertiary alicyclic amines) is 1. The first kappa shape index (κ1) is 21.1. The standard InChI is InChI=1S/C24H28ClFN2O2/c1-30-20-7-8-21-17(13-20)3-2-4-23(21)27-24(29)16-9-11-28(12-10-16)15-18-5-6-19(25)14-22(18)26/h5-8,13-14,16,23H,2-4,9-12,15H2,1H3,(H,27,29)/t23-/m0/s1. The number of nitrogens with zero attached hydrogens (tertiary/aromatic N) is 1. The van der Waals surface area contributed by atoms with E-state index in [2.05, 4.69) is 22.3 Å². The number of aryl methyl sites for hydroxylation is 1. The second-order valence-corrected chi connectivity index (χ2v) is 8.74. The molecular weight excluding hydrogens is 403 g/mol. The van der Waals surface area contributed by atoms with Gasteiger partial charge in [-0.15, -0.1) is 0 Å². The monoisotopic (exact) mass is 430 g/mol. The lowest BCUT2D eigenvalue weighted by Gasteiger charge is -2.33. The molecule has 0 aromatic heterocycles. The molecule has 2 aromatic rings. The molecule has 1 saturated heterocycles. The van der Waals surface area contributed by atoms with Crippen molar-refractivity contribution < 1.29 is 13.9 Å². The van der Waals surface area contributed by atoms with Gasteiger partial charge in [-0.3, -0.25) is 9.69 Å². The van der Waals surface area contributed by atoms with Crippen molar-refractivity contribution in [3.8, 4) is 5.75 Å². The molecule has 1 amide bonds. The van der Waals surface area contributed by atoms with Crippen LogP contribution in [0.4, 0.5) is 4.39 Å². The third kappa shape index (κ3) is 4.79. The molecular formula is C24H28ClFN2O2. The van der Waals surface area contributed by atoms with E-state index in [1.54, 1.807) is 19.2 Å². The first-order chi connectivity index (χ1) is 14.5. The van der Waals surface area contributed by atoms with Crippen molar-refractivity contribution in [1.82, 2.24) is 10.2 Å². The molecule has 0 spiro atoms. The van der Waals surface area contributed by atoms with Gasteiger partial charge in [0.25, 0.3) is 0 Å². The first-order valence-corrected chi connectivity index (χ1v) is 11.0. The minimum atomic E-state index is -0.269. The SMILES string of the molecule is COc1ccc2c(c1)CCC[C@@H]2NC(=O)C1CCN(Cc2ccc(Cl)cc2F)CC1. The van der Waals surface area contributed by atoms with Gasteiger partial charge in [0.2, 0.25) is 5.91 Å². The Kier molecular flexibility index (Phi) is 6.59. The molecule has 1 aliphatic heterocycles. The number of methoxy groups -OCH3 is 1. The predicted molar refractivity (Wildman–Crippen MR) is 116 cm³/mol. The lowest BCUT2D eigenvalue weighted by Crippen LogP contribution is -2.41. The first-order valence-electron chi connectivity index (χ1n) is 10.7. The third-order valence-corrected chi connectivity index (χ3v) is 6.58. The van der Waals surface area contributed by atoms with Crippen LogP contribution in [0.2, 0.25) is 5.02 Å². The maximum Gasteiger partial charge on any atom is 0.223 e. The molecule has 6 heteroatoms. The molecule has 30 heavy (non-hydrogen) atoms. The number of hydrogen-bond acceptors (Lipinski definition) is 3. The molecule has 1 N–H and O–H groups in total. The largest absolute Gasteiger partial charge is 0.497 e. The van der Waals surface area contributed by atoms with Crippen molar-refractivity contribution in [1.29, 1.82) is 0 Å². The average Bonchev–Trinajstić information content (AvgIpc) is 2.76. The number of halogens is 2. The Morgan fingerprint density at radius 1 is 1.20 bits per heavy atom. The van der Waals surface area contributed by atoms with Crippen LogP contribution in [0.15, 0.2) is 36.4 Å². The average molecular weight is 431 g/mol. The highest BCUT2D eigenvalue weighted by atomic mass is 35.5. The number of rotatable bonds is 5. The van der Waals surface area contributed by atoms with Crippen LogP contribution in [0.1, 0.15) is 48.4 Å². The highest BCUT2D eigenvalue weighted by Gasteiger charge is 2.29. The van der Waals surface area contributed by atoms with Crippen LogP contribution in [0, 0.1) is 11.7 Å². The fraction of sp³-hybridized carbons (Fsp3) is 0.458. The van der Waals surface area contributed by atoms with Crippen LogP contribution >= 0.6 is 11.6 Å². The zero-order valence-corrected chi connectivity index (χ0v) is 18.1. The van der Waals surface area contributed by atoms with Gasteiger partial charge in [-0.05, 0) is 80.6 Å². The number of hydrogen-bond donors (Lipinski definition) is 1. The van der Waals surface area contributed by atoms with E-state index < -0.39 is 0 Å². The van der Waals surface area contributed by atoms with E-state index in [9.17, 15) is 9.18 Å². The summed E-state index contributed by atoms with van der Waals surface area (Å²) in [7, 11) is 1.68. The molecule has 0 unspecified atom stereocenters. The van der Waals surface area contributed by atoms with E-state index >= 15 is 0 Å². The molecule has 1 aliphatic carbocycles. The van der Waals surface area contributed by atoms with E-state index in [-0.39, 0.29) is 23.7 Å². The van der Waals surface area contributed by atoms with Crippen LogP contribution in [0.3, 0.4) is 0 Å². The van der Waals surface area contributed by atoms with Crippen molar-refractivity contribution in [2.24, 2.45) is 5.92 Å². The Balaban J connectivity index is 1.32. The fourth-order valence-corrected chi connectivity index (χ4v) is 4.76. The van der Waals surface area contributed by atoms with Gasteiger partial charge in [0.1, 0.15) is 11.6 Å². The summed E-state index contributed by atoms with van der Waals surface area (Å²) >= 11 is 5.84. The lowest BCUT2D eigenvalue weighted by molar-refractivity contribution is -0.127. The number of fused-ring (bicyclic) bond motifs is 1. The van der Waals surface area contributed by atoms with Gasteiger partial charge >= 0.3 is 0 Å². The molecule has 1 heterocycles. The van der Waals surface area contributed by atoms with Crippen molar-refractivity contribution in [2.45, 2.75) is 44.7 Å². The van der Waals surface area contributed by atoms with Gasteiger partial charge in [0.15, 0.2) is 0 Å². The van der Waals surface area contributed by atoms with E-state index in [0.717, 1.165) is 50.9 Å². The molecule has 4 nitrogen and oxygen atoms in total. The molecule has 160 valence electrons. The number of carbonyl (C=O) groups is 1. The summed E-state index contributed by atoms with van der Waals surface area (Å²) in [6.45, 7) is 2.13. The summed E-state index contributed by atoms with van der Waals surface area (Å²) < 4.78 is 19.4. The van der Waals surface area contributed by atoms with Crippen molar-refractivity contribution in [3.63, 3.8) is 0 Å². The molecule has 1 atom stereocenters. The summed E-state index contributed by atoms with van der Waals surface area (Å²) in [6, 6.07) is 11.0. The van der Waals surface area contributed by atoms with E-state index in [0.29, 0.717) is 17.1 Å². The molecule has 0 bridgehead atoms. The van der Waals surface area contributed by atoms with Crippen LogP contribution in [-0.2, 0) is 17.8 Å². The number of amides is 1. The third-order valence-electron chi connectivity index (χ3n) is 6.35. The van der Waals surface area contributed by atoms with Gasteiger partial charge in [-0.2, -0.15) is 0 Å². The van der Waals surface area contributed by atoms with Gasteiger partial charge in [-0.1, -0.05) is 23.7 Å². The highest BCUT2D eigenvalue weighted by Crippen LogP contribution is 2.33. The van der Waals surface area contributed by atoms with Crippen LogP contribution in [-0.4, -0.2) is 31.0 Å². The van der Waals surface area contributed by atoms with Gasteiger partial charge in [-0.25, -0.2) is 4.39 Å². The molecule has 2 aromatic carbocycles. The van der Waals surface area contributed by atoms with Crippen LogP contribution < -0.4 is 10.1 Å². The molecule has 0 saturated carbocycles. The maximum atomic E-state index is 14.1. The van der Waals surface area contributed by atoms with Crippen molar-refractivity contribution >= 4 is 17.5 Å². The summed E-state index contributed by atoms with van der Waals surface area (Å²) in [6.07, 6.45) is 4.65. The summed E-state index contributed by atoms with van der Waals surface area (Å²) in [5.41, 5.74) is 3.13. The number of piperidine rings is 1. The summed E-state index contributed by atoms with van der Waals surface area (Å²) in [5, 5.41) is 3.70. The zero-order valence-electron chi connectivity index (χ0n) is 17.3. The zero-order chi connectivity index (χ0) is 21.1. The molecule has 4 rings (SSSR count). The highest BCUT2D eigenvalue weighted by molar-refractivity contribution is 6.30. The van der Waals surface area contributed by atoms with Crippen molar-refractivity contribution in [2.75, 3.05) is 20.2 Å². The maximum absolute atomic E-state index is 14.1. The normalized spacial score (nSPS) is 19.9. The predicted octanol–water partition coefficient (Wildman–Crippen LogP) is 4.89. The number of nitrogens with one attached hydrogen (secondary N) is 1.